The molecule has 1 amide bonds. The van der Waals surface area contributed by atoms with Crippen molar-refractivity contribution in [1.29, 1.82) is 0 Å². The van der Waals surface area contributed by atoms with Gasteiger partial charge in [-0.25, -0.2) is 13.1 Å². The summed E-state index contributed by atoms with van der Waals surface area (Å²) in [5.41, 5.74) is 1.92. The molecule has 2 atom stereocenters. The fraction of sp³-hybridized carbons (Fsp3) is 0.696. The largest absolute Gasteiger partial charge is 0.372 e. The molecule has 7 nitrogen and oxygen atoms in total. The summed E-state index contributed by atoms with van der Waals surface area (Å²) >= 11 is 0. The molecule has 1 aromatic rings. The Morgan fingerprint density at radius 2 is 1.55 bits per heavy atom. The normalized spacial score (nSPS) is 27.7. The zero-order valence-electron chi connectivity index (χ0n) is 19.3. The molecule has 2 N–H and O–H groups in total. The van der Waals surface area contributed by atoms with Gasteiger partial charge in [0.25, 0.3) is 0 Å². The molecule has 0 bridgehead atoms. The van der Waals surface area contributed by atoms with Crippen LogP contribution in [-0.2, 0) is 19.6 Å². The molecular weight excluding hydrogens is 414 g/mol. The van der Waals surface area contributed by atoms with E-state index in [1.165, 1.54) is 0 Å². The number of benzene rings is 1. The van der Waals surface area contributed by atoms with Crippen molar-refractivity contribution in [2.24, 2.45) is 5.92 Å². The SMILES string of the molecule is CC1CN(c2ccc(NC(=O)C3CCC(NS(=O)(=O)C(C)(C)C)CC3)cc2)C[C@H](C)O1. The second kappa shape index (κ2) is 9.46. The van der Waals surface area contributed by atoms with Gasteiger partial charge in [0, 0.05) is 36.4 Å². The van der Waals surface area contributed by atoms with E-state index in [0.29, 0.717) is 25.7 Å². The van der Waals surface area contributed by atoms with Gasteiger partial charge >= 0.3 is 0 Å². The maximum Gasteiger partial charge on any atom is 0.227 e. The first-order valence-corrected chi connectivity index (χ1v) is 12.8. The number of nitrogens with zero attached hydrogens (tertiary/aromatic N) is 1. The van der Waals surface area contributed by atoms with Crippen LogP contribution in [0.1, 0.15) is 60.3 Å². The van der Waals surface area contributed by atoms with Gasteiger partial charge in [-0.1, -0.05) is 0 Å². The highest BCUT2D eigenvalue weighted by atomic mass is 32.2. The molecule has 0 radical (unpaired) electrons. The summed E-state index contributed by atoms with van der Waals surface area (Å²) in [7, 11) is -3.37. The molecule has 1 saturated carbocycles. The molecule has 31 heavy (non-hydrogen) atoms. The quantitative estimate of drug-likeness (QED) is 0.715. The third-order valence-corrected chi connectivity index (χ3v) is 8.40. The molecule has 174 valence electrons. The van der Waals surface area contributed by atoms with Crippen LogP contribution in [0, 0.1) is 5.92 Å². The van der Waals surface area contributed by atoms with Crippen molar-refractivity contribution in [2.45, 2.75) is 83.3 Å². The van der Waals surface area contributed by atoms with Gasteiger partial charge in [-0.3, -0.25) is 4.79 Å². The van der Waals surface area contributed by atoms with Gasteiger partial charge in [0.05, 0.1) is 17.0 Å². The average molecular weight is 452 g/mol. The van der Waals surface area contributed by atoms with Crippen LogP contribution >= 0.6 is 0 Å². The Kier molecular flexibility index (Phi) is 7.33. The molecule has 1 unspecified atom stereocenters. The number of anilines is 2. The predicted molar refractivity (Wildman–Crippen MR) is 125 cm³/mol. The number of carbonyl (C=O) groups excluding carboxylic acids is 1. The molecule has 1 aromatic carbocycles. The van der Waals surface area contributed by atoms with Crippen molar-refractivity contribution >= 4 is 27.3 Å². The van der Waals surface area contributed by atoms with Gasteiger partial charge in [0.15, 0.2) is 0 Å². The third-order valence-electron chi connectivity index (χ3n) is 6.15. The summed E-state index contributed by atoms with van der Waals surface area (Å²) in [5.74, 6) is -0.0745. The number of hydrogen-bond donors (Lipinski definition) is 2. The standard InChI is InChI=1S/C23H37N3O4S/c1-16-14-26(15-17(2)30-16)21-12-10-19(11-13-21)24-22(27)18-6-8-20(9-7-18)25-31(28,29)23(3,4)5/h10-13,16-18,20,25H,6-9,14-15H2,1-5H3,(H,24,27)/t16-,17?,18?,20?/m0/s1. The Morgan fingerprint density at radius 1 is 1.00 bits per heavy atom. The van der Waals surface area contributed by atoms with Crippen LogP contribution < -0.4 is 14.9 Å². The molecule has 1 heterocycles. The Balaban J connectivity index is 1.50. The summed E-state index contributed by atoms with van der Waals surface area (Å²) in [6, 6.07) is 7.88. The lowest BCUT2D eigenvalue weighted by Crippen LogP contribution is -2.46. The minimum absolute atomic E-state index is 0.0125. The fourth-order valence-electron chi connectivity index (χ4n) is 4.26. The lowest BCUT2D eigenvalue weighted by atomic mass is 9.86. The fourth-order valence-corrected chi connectivity index (χ4v) is 5.29. The van der Waals surface area contributed by atoms with Crippen molar-refractivity contribution in [3.05, 3.63) is 24.3 Å². The maximum absolute atomic E-state index is 12.7. The van der Waals surface area contributed by atoms with E-state index >= 15 is 0 Å². The Labute approximate surface area is 187 Å². The zero-order chi connectivity index (χ0) is 22.8. The van der Waals surface area contributed by atoms with Gasteiger partial charge in [-0.15, -0.1) is 0 Å². The summed E-state index contributed by atoms with van der Waals surface area (Å²) < 4.78 is 32.5. The van der Waals surface area contributed by atoms with Crippen molar-refractivity contribution in [2.75, 3.05) is 23.3 Å². The molecule has 0 aromatic heterocycles. The van der Waals surface area contributed by atoms with Gasteiger partial charge in [-0.2, -0.15) is 0 Å². The smallest absolute Gasteiger partial charge is 0.227 e. The third kappa shape index (κ3) is 6.20. The minimum atomic E-state index is -3.37. The number of rotatable bonds is 5. The van der Waals surface area contributed by atoms with Gasteiger partial charge < -0.3 is 15.0 Å². The number of sulfonamides is 1. The molecule has 0 spiro atoms. The highest BCUT2D eigenvalue weighted by molar-refractivity contribution is 7.90. The second-order valence-electron chi connectivity index (χ2n) is 9.98. The van der Waals surface area contributed by atoms with E-state index in [1.54, 1.807) is 20.8 Å². The average Bonchev–Trinajstić information content (AvgIpc) is 2.67. The number of morpholine rings is 1. The van der Waals surface area contributed by atoms with Crippen LogP contribution in [0.3, 0.4) is 0 Å². The summed E-state index contributed by atoms with van der Waals surface area (Å²) in [5, 5.41) is 3.03. The van der Waals surface area contributed by atoms with Crippen LogP contribution in [0.5, 0.6) is 0 Å². The lowest BCUT2D eigenvalue weighted by molar-refractivity contribution is -0.120. The molecule has 1 aliphatic carbocycles. The first kappa shape index (κ1) is 24.0. The van der Waals surface area contributed by atoms with E-state index in [-0.39, 0.29) is 30.1 Å². The Bertz CT molecular complexity index is 846. The van der Waals surface area contributed by atoms with Crippen molar-refractivity contribution in [3.63, 3.8) is 0 Å². The van der Waals surface area contributed by atoms with Crippen LogP contribution in [0.2, 0.25) is 0 Å². The summed E-state index contributed by atoms with van der Waals surface area (Å²) in [6.45, 7) is 11.0. The van der Waals surface area contributed by atoms with Crippen LogP contribution in [-0.4, -0.2) is 50.4 Å². The highest BCUT2D eigenvalue weighted by Crippen LogP contribution is 2.28. The van der Waals surface area contributed by atoms with E-state index in [4.69, 9.17) is 4.74 Å². The highest BCUT2D eigenvalue weighted by Gasteiger charge is 2.34. The molecule has 2 fully saturated rings. The molecular formula is C23H37N3O4S. The Morgan fingerprint density at radius 3 is 2.06 bits per heavy atom. The number of amides is 1. The maximum atomic E-state index is 12.7. The van der Waals surface area contributed by atoms with Crippen LogP contribution in [0.25, 0.3) is 0 Å². The van der Waals surface area contributed by atoms with Gasteiger partial charge in [0.1, 0.15) is 0 Å². The number of carbonyl (C=O) groups is 1. The van der Waals surface area contributed by atoms with Crippen LogP contribution in [0.4, 0.5) is 11.4 Å². The van der Waals surface area contributed by atoms with Crippen molar-refractivity contribution in [1.82, 2.24) is 4.72 Å². The zero-order valence-corrected chi connectivity index (χ0v) is 20.2. The molecule has 3 rings (SSSR count). The van der Waals surface area contributed by atoms with E-state index in [9.17, 15) is 13.2 Å². The van der Waals surface area contributed by atoms with Gasteiger partial charge in [0.2, 0.25) is 15.9 Å². The van der Waals surface area contributed by atoms with Crippen molar-refractivity contribution in [3.8, 4) is 0 Å². The first-order valence-electron chi connectivity index (χ1n) is 11.3. The molecule has 1 aliphatic heterocycles. The number of nitrogens with one attached hydrogen (secondary N) is 2. The molecule has 2 aliphatic rings. The van der Waals surface area contributed by atoms with Crippen LogP contribution in [0.15, 0.2) is 24.3 Å². The van der Waals surface area contributed by atoms with E-state index in [2.05, 4.69) is 28.8 Å². The molecule has 1 saturated heterocycles. The van der Waals surface area contributed by atoms with Crippen molar-refractivity contribution < 1.29 is 17.9 Å². The topological polar surface area (TPSA) is 87.7 Å². The first-order chi connectivity index (χ1) is 14.4. The number of ether oxygens (including phenoxy) is 1. The monoisotopic (exact) mass is 451 g/mol. The van der Waals surface area contributed by atoms with Gasteiger partial charge in [-0.05, 0) is 84.6 Å². The minimum Gasteiger partial charge on any atom is -0.372 e. The lowest BCUT2D eigenvalue weighted by Gasteiger charge is -2.37. The van der Waals surface area contributed by atoms with E-state index in [0.717, 1.165) is 24.5 Å². The summed E-state index contributed by atoms with van der Waals surface area (Å²) in [6.07, 6.45) is 3.13. The molecule has 8 heteroatoms. The predicted octanol–water partition coefficient (Wildman–Crippen LogP) is 3.52. The summed E-state index contributed by atoms with van der Waals surface area (Å²) in [4.78, 5) is 15.0. The van der Waals surface area contributed by atoms with E-state index in [1.807, 2.05) is 24.3 Å². The Hall–Kier alpha value is -1.64. The van der Waals surface area contributed by atoms with E-state index < -0.39 is 14.8 Å². The number of hydrogen-bond acceptors (Lipinski definition) is 5. The second-order valence-corrected chi connectivity index (χ2v) is 12.4.